The average Bonchev–Trinajstić information content (AvgIpc) is 2.41. The Balaban J connectivity index is 2.03. The molecule has 0 bridgehead atoms. The van der Waals surface area contributed by atoms with Crippen molar-refractivity contribution in [1.29, 1.82) is 0 Å². The molecule has 4 nitrogen and oxygen atoms in total. The van der Waals surface area contributed by atoms with E-state index < -0.39 is 5.91 Å². The third kappa shape index (κ3) is 3.73. The molecule has 6 heteroatoms. The van der Waals surface area contributed by atoms with Crippen LogP contribution in [0.3, 0.4) is 0 Å². The minimum atomic E-state index is -0.429. The first-order valence-electron chi connectivity index (χ1n) is 5.64. The largest absolute Gasteiger partial charge is 0.508 e. The van der Waals surface area contributed by atoms with E-state index in [9.17, 15) is 4.79 Å². The van der Waals surface area contributed by atoms with Crippen molar-refractivity contribution in [3.63, 3.8) is 0 Å². The maximum Gasteiger partial charge on any atom is 0.272 e. The quantitative estimate of drug-likeness (QED) is 0.674. The normalized spacial score (nSPS) is 10.7. The molecule has 0 fully saturated rings. The standard InChI is InChI=1S/C14H10Cl2N2O2/c15-10-3-6-12(13(16)7-10)14(20)18-17-8-9-1-4-11(19)5-2-9/h1-8,19H,(H,18,20). The summed E-state index contributed by atoms with van der Waals surface area (Å²) in [6.45, 7) is 0. The van der Waals surface area contributed by atoms with E-state index in [2.05, 4.69) is 10.5 Å². The molecule has 0 atom stereocenters. The first-order valence-corrected chi connectivity index (χ1v) is 6.39. The van der Waals surface area contributed by atoms with Crippen molar-refractivity contribution in [3.8, 4) is 5.75 Å². The second-order valence-electron chi connectivity index (χ2n) is 3.91. The van der Waals surface area contributed by atoms with Gasteiger partial charge in [-0.15, -0.1) is 0 Å². The Morgan fingerprint density at radius 3 is 2.50 bits per heavy atom. The number of hydrogen-bond donors (Lipinski definition) is 2. The molecule has 0 radical (unpaired) electrons. The third-order valence-corrected chi connectivity index (χ3v) is 3.00. The number of aromatic hydroxyl groups is 1. The average molecular weight is 309 g/mol. The number of phenolic OH excluding ortho intramolecular Hbond substituents is 1. The smallest absolute Gasteiger partial charge is 0.272 e. The number of rotatable bonds is 3. The first-order chi connectivity index (χ1) is 9.56. The van der Waals surface area contributed by atoms with Gasteiger partial charge in [-0.25, -0.2) is 5.43 Å². The highest BCUT2D eigenvalue weighted by Crippen LogP contribution is 2.20. The van der Waals surface area contributed by atoms with Crippen molar-refractivity contribution in [3.05, 3.63) is 63.6 Å². The van der Waals surface area contributed by atoms with Crippen LogP contribution in [0.5, 0.6) is 5.75 Å². The van der Waals surface area contributed by atoms with E-state index in [0.717, 1.165) is 5.56 Å². The Kier molecular flexibility index (Phi) is 4.61. The van der Waals surface area contributed by atoms with Crippen LogP contribution in [0.4, 0.5) is 0 Å². The van der Waals surface area contributed by atoms with Gasteiger partial charge in [0.15, 0.2) is 0 Å². The summed E-state index contributed by atoms with van der Waals surface area (Å²) in [5, 5.41) is 13.7. The zero-order valence-electron chi connectivity index (χ0n) is 10.2. The van der Waals surface area contributed by atoms with Crippen molar-refractivity contribution in [2.75, 3.05) is 0 Å². The lowest BCUT2D eigenvalue weighted by molar-refractivity contribution is 0.0955. The number of phenols is 1. The Morgan fingerprint density at radius 2 is 1.85 bits per heavy atom. The highest BCUT2D eigenvalue weighted by Gasteiger charge is 2.09. The molecule has 102 valence electrons. The van der Waals surface area contributed by atoms with Gasteiger partial charge in [-0.05, 0) is 48.0 Å². The fourth-order valence-electron chi connectivity index (χ4n) is 1.46. The number of benzene rings is 2. The summed E-state index contributed by atoms with van der Waals surface area (Å²) < 4.78 is 0. The fraction of sp³-hybridized carbons (Fsp3) is 0. The van der Waals surface area contributed by atoms with Gasteiger partial charge in [0.05, 0.1) is 16.8 Å². The van der Waals surface area contributed by atoms with Crippen molar-refractivity contribution in [2.45, 2.75) is 0 Å². The summed E-state index contributed by atoms with van der Waals surface area (Å²) >= 11 is 11.7. The molecule has 0 aliphatic heterocycles. The highest BCUT2D eigenvalue weighted by atomic mass is 35.5. The van der Waals surface area contributed by atoms with E-state index in [4.69, 9.17) is 28.3 Å². The van der Waals surface area contributed by atoms with Crippen LogP contribution in [0.1, 0.15) is 15.9 Å². The van der Waals surface area contributed by atoms with Gasteiger partial charge in [-0.2, -0.15) is 5.10 Å². The van der Waals surface area contributed by atoms with E-state index in [1.165, 1.54) is 30.5 Å². The van der Waals surface area contributed by atoms with E-state index in [0.29, 0.717) is 10.6 Å². The number of halogens is 2. The fourth-order valence-corrected chi connectivity index (χ4v) is 1.95. The Morgan fingerprint density at radius 1 is 1.15 bits per heavy atom. The van der Waals surface area contributed by atoms with Crippen molar-refractivity contribution < 1.29 is 9.90 Å². The third-order valence-electron chi connectivity index (χ3n) is 2.45. The second-order valence-corrected chi connectivity index (χ2v) is 4.76. The molecular formula is C14H10Cl2N2O2. The van der Waals surface area contributed by atoms with E-state index in [-0.39, 0.29) is 10.8 Å². The number of amides is 1. The molecule has 0 spiro atoms. The summed E-state index contributed by atoms with van der Waals surface area (Å²) in [7, 11) is 0. The lowest BCUT2D eigenvalue weighted by atomic mass is 10.2. The number of hydrazone groups is 1. The van der Waals surface area contributed by atoms with Crippen molar-refractivity contribution in [1.82, 2.24) is 5.43 Å². The minimum Gasteiger partial charge on any atom is -0.508 e. The van der Waals surface area contributed by atoms with Crippen LogP contribution < -0.4 is 5.43 Å². The van der Waals surface area contributed by atoms with Crippen LogP contribution in [-0.2, 0) is 0 Å². The van der Waals surface area contributed by atoms with Crippen LogP contribution in [-0.4, -0.2) is 17.2 Å². The zero-order valence-corrected chi connectivity index (χ0v) is 11.7. The molecule has 2 N–H and O–H groups in total. The van der Waals surface area contributed by atoms with Crippen LogP contribution in [0, 0.1) is 0 Å². The molecule has 0 unspecified atom stereocenters. The van der Waals surface area contributed by atoms with Gasteiger partial charge in [-0.1, -0.05) is 23.2 Å². The Bertz CT molecular complexity index is 655. The summed E-state index contributed by atoms with van der Waals surface area (Å²) in [6, 6.07) is 11.0. The predicted molar refractivity (Wildman–Crippen MR) is 79.6 cm³/mol. The number of nitrogens with one attached hydrogen (secondary N) is 1. The number of carbonyl (C=O) groups excluding carboxylic acids is 1. The van der Waals surface area contributed by atoms with Gasteiger partial charge in [0.2, 0.25) is 0 Å². The van der Waals surface area contributed by atoms with E-state index in [1.807, 2.05) is 0 Å². The lowest BCUT2D eigenvalue weighted by Gasteiger charge is -2.02. The van der Waals surface area contributed by atoms with E-state index >= 15 is 0 Å². The zero-order chi connectivity index (χ0) is 14.5. The number of hydrogen-bond acceptors (Lipinski definition) is 3. The molecule has 2 aromatic carbocycles. The molecule has 0 aliphatic rings. The van der Waals surface area contributed by atoms with Crippen LogP contribution in [0.15, 0.2) is 47.6 Å². The molecule has 0 aliphatic carbocycles. The van der Waals surface area contributed by atoms with Gasteiger partial charge in [-0.3, -0.25) is 4.79 Å². The summed E-state index contributed by atoms with van der Waals surface area (Å²) in [6.07, 6.45) is 1.46. The van der Waals surface area contributed by atoms with Gasteiger partial charge in [0.1, 0.15) is 5.75 Å². The van der Waals surface area contributed by atoms with Gasteiger partial charge in [0, 0.05) is 5.02 Å². The van der Waals surface area contributed by atoms with E-state index in [1.54, 1.807) is 18.2 Å². The molecule has 0 heterocycles. The highest BCUT2D eigenvalue weighted by molar-refractivity contribution is 6.36. The van der Waals surface area contributed by atoms with Crippen molar-refractivity contribution >= 4 is 35.3 Å². The maximum absolute atomic E-state index is 11.8. The van der Waals surface area contributed by atoms with Gasteiger partial charge in [0.25, 0.3) is 5.91 Å². The first kappa shape index (κ1) is 14.4. The molecule has 1 amide bonds. The molecule has 0 saturated heterocycles. The monoisotopic (exact) mass is 308 g/mol. The van der Waals surface area contributed by atoms with Gasteiger partial charge < -0.3 is 5.11 Å². The Labute approximate surface area is 125 Å². The van der Waals surface area contributed by atoms with Crippen LogP contribution in [0.25, 0.3) is 0 Å². The molecule has 0 aromatic heterocycles. The molecule has 2 rings (SSSR count). The minimum absolute atomic E-state index is 0.166. The van der Waals surface area contributed by atoms with Crippen molar-refractivity contribution in [2.24, 2.45) is 5.10 Å². The predicted octanol–water partition coefficient (Wildman–Crippen LogP) is 3.46. The summed E-state index contributed by atoms with van der Waals surface area (Å²) in [5.41, 5.74) is 3.39. The second kappa shape index (κ2) is 6.41. The summed E-state index contributed by atoms with van der Waals surface area (Å²) in [4.78, 5) is 11.8. The maximum atomic E-state index is 11.8. The molecule has 0 saturated carbocycles. The number of carbonyl (C=O) groups is 1. The van der Waals surface area contributed by atoms with Crippen LogP contribution in [0.2, 0.25) is 10.0 Å². The molecule has 2 aromatic rings. The number of nitrogens with zero attached hydrogens (tertiary/aromatic N) is 1. The van der Waals surface area contributed by atoms with Gasteiger partial charge >= 0.3 is 0 Å². The topological polar surface area (TPSA) is 61.7 Å². The Hall–Kier alpha value is -2.04. The molecule has 20 heavy (non-hydrogen) atoms. The summed E-state index contributed by atoms with van der Waals surface area (Å²) in [5.74, 6) is -0.263. The van der Waals surface area contributed by atoms with Crippen LogP contribution >= 0.6 is 23.2 Å². The SMILES string of the molecule is O=C(NN=Cc1ccc(O)cc1)c1ccc(Cl)cc1Cl. The molecular weight excluding hydrogens is 299 g/mol. The lowest BCUT2D eigenvalue weighted by Crippen LogP contribution is -2.17.